The predicted molar refractivity (Wildman–Crippen MR) is 87.3 cm³/mol. The number of benzene rings is 1. The largest absolute Gasteiger partial charge is 0.454 e. The number of hydrogen-bond acceptors (Lipinski definition) is 4. The topological polar surface area (TPSA) is 105 Å². The Morgan fingerprint density at radius 3 is 2.59 bits per heavy atom. The van der Waals surface area contributed by atoms with E-state index in [1.165, 1.54) is 0 Å². The fourth-order valence-electron chi connectivity index (χ4n) is 2.07. The molecule has 1 aliphatic rings. The fourth-order valence-corrected chi connectivity index (χ4v) is 2.07. The van der Waals surface area contributed by atoms with Crippen molar-refractivity contribution in [2.45, 2.75) is 13.8 Å². The van der Waals surface area contributed by atoms with Gasteiger partial charge in [0, 0.05) is 5.56 Å². The predicted octanol–water partition coefficient (Wildman–Crippen LogP) is 2.64. The lowest BCUT2D eigenvalue weighted by atomic mass is 9.98. The SMILES string of the molecule is C/C=C\C(=C/C)C(=NC(=N)N)C(=N)c1ccc2c(c1)OCO2. The van der Waals surface area contributed by atoms with Crippen LogP contribution in [0.3, 0.4) is 0 Å². The van der Waals surface area contributed by atoms with Crippen molar-refractivity contribution in [2.75, 3.05) is 6.79 Å². The number of fused-ring (bicyclic) bond motifs is 1. The van der Waals surface area contributed by atoms with E-state index in [0.717, 1.165) is 5.57 Å². The second kappa shape index (κ2) is 6.71. The molecule has 0 spiro atoms. The zero-order valence-corrected chi connectivity index (χ0v) is 12.5. The summed E-state index contributed by atoms with van der Waals surface area (Å²) in [5.41, 5.74) is 7.24. The lowest BCUT2D eigenvalue weighted by Crippen LogP contribution is -2.20. The molecule has 0 saturated carbocycles. The summed E-state index contributed by atoms with van der Waals surface area (Å²) in [5, 5.41) is 15.8. The molecule has 0 unspecified atom stereocenters. The Hall–Kier alpha value is -2.89. The molecule has 6 nitrogen and oxygen atoms in total. The number of nitrogens with two attached hydrogens (primary N) is 1. The number of nitrogens with zero attached hydrogens (tertiary/aromatic N) is 1. The van der Waals surface area contributed by atoms with Gasteiger partial charge in [0.15, 0.2) is 11.5 Å². The minimum absolute atomic E-state index is 0.166. The monoisotopic (exact) mass is 298 g/mol. The summed E-state index contributed by atoms with van der Waals surface area (Å²) in [6.07, 6.45) is 5.49. The molecule has 1 heterocycles. The zero-order valence-electron chi connectivity index (χ0n) is 12.5. The smallest absolute Gasteiger partial charge is 0.231 e. The molecular formula is C16H18N4O2. The highest BCUT2D eigenvalue weighted by molar-refractivity contribution is 6.54. The van der Waals surface area contributed by atoms with Gasteiger partial charge in [-0.3, -0.25) is 10.8 Å². The van der Waals surface area contributed by atoms with Crippen molar-refractivity contribution in [3.8, 4) is 11.5 Å². The van der Waals surface area contributed by atoms with Gasteiger partial charge in [0.05, 0.1) is 11.4 Å². The second-order valence-corrected chi connectivity index (χ2v) is 4.53. The van der Waals surface area contributed by atoms with Gasteiger partial charge < -0.3 is 15.2 Å². The molecule has 1 aromatic rings. The molecule has 22 heavy (non-hydrogen) atoms. The van der Waals surface area contributed by atoms with E-state index in [4.69, 9.17) is 26.0 Å². The molecule has 0 atom stereocenters. The molecule has 0 radical (unpaired) electrons. The number of rotatable bonds is 4. The molecule has 2 rings (SSSR count). The molecule has 0 saturated heterocycles. The summed E-state index contributed by atoms with van der Waals surface area (Å²) < 4.78 is 10.6. The molecule has 0 amide bonds. The van der Waals surface area contributed by atoms with Gasteiger partial charge in [0.1, 0.15) is 0 Å². The van der Waals surface area contributed by atoms with E-state index >= 15 is 0 Å². The van der Waals surface area contributed by atoms with E-state index in [9.17, 15) is 0 Å². The molecule has 0 aliphatic carbocycles. The van der Waals surface area contributed by atoms with Gasteiger partial charge in [-0.25, -0.2) is 4.99 Å². The van der Waals surface area contributed by atoms with Gasteiger partial charge in [0.2, 0.25) is 12.8 Å². The van der Waals surface area contributed by atoms with Crippen molar-refractivity contribution in [3.63, 3.8) is 0 Å². The highest BCUT2D eigenvalue weighted by atomic mass is 16.7. The van der Waals surface area contributed by atoms with Crippen LogP contribution in [0.15, 0.2) is 47.0 Å². The van der Waals surface area contributed by atoms with E-state index in [1.54, 1.807) is 18.2 Å². The van der Waals surface area contributed by atoms with Crippen LogP contribution in [0, 0.1) is 10.8 Å². The highest BCUT2D eigenvalue weighted by Crippen LogP contribution is 2.32. The Kier molecular flexibility index (Phi) is 4.73. The van der Waals surface area contributed by atoms with Crippen LogP contribution in [-0.2, 0) is 0 Å². The van der Waals surface area contributed by atoms with Crippen LogP contribution in [-0.4, -0.2) is 24.2 Å². The Morgan fingerprint density at radius 2 is 1.95 bits per heavy atom. The van der Waals surface area contributed by atoms with Crippen molar-refractivity contribution in [1.29, 1.82) is 10.8 Å². The van der Waals surface area contributed by atoms with Gasteiger partial charge in [-0.2, -0.15) is 0 Å². The van der Waals surface area contributed by atoms with Gasteiger partial charge >= 0.3 is 0 Å². The van der Waals surface area contributed by atoms with Crippen LogP contribution >= 0.6 is 0 Å². The lowest BCUT2D eigenvalue weighted by Gasteiger charge is -2.10. The van der Waals surface area contributed by atoms with Crippen molar-refractivity contribution in [1.82, 2.24) is 0 Å². The van der Waals surface area contributed by atoms with Crippen molar-refractivity contribution in [2.24, 2.45) is 10.7 Å². The summed E-state index contributed by atoms with van der Waals surface area (Å²) in [5.74, 6) is 0.906. The van der Waals surface area contributed by atoms with Gasteiger partial charge in [-0.05, 0) is 37.6 Å². The van der Waals surface area contributed by atoms with E-state index < -0.39 is 0 Å². The number of guanidine groups is 1. The van der Waals surface area contributed by atoms with Gasteiger partial charge in [-0.1, -0.05) is 18.2 Å². The second-order valence-electron chi connectivity index (χ2n) is 4.53. The van der Waals surface area contributed by atoms with Crippen molar-refractivity contribution >= 4 is 17.4 Å². The van der Waals surface area contributed by atoms with Crippen molar-refractivity contribution in [3.05, 3.63) is 47.6 Å². The Morgan fingerprint density at radius 1 is 1.23 bits per heavy atom. The summed E-state index contributed by atoms with van der Waals surface area (Å²) >= 11 is 0. The first-order valence-corrected chi connectivity index (χ1v) is 6.77. The van der Waals surface area contributed by atoms with E-state index in [0.29, 0.717) is 22.8 Å². The summed E-state index contributed by atoms with van der Waals surface area (Å²) in [6.45, 7) is 3.90. The lowest BCUT2D eigenvalue weighted by molar-refractivity contribution is 0.174. The number of allylic oxidation sites excluding steroid dienone is 4. The van der Waals surface area contributed by atoms with Crippen LogP contribution in [0.5, 0.6) is 11.5 Å². The molecule has 0 aromatic heterocycles. The number of aliphatic imine (C=N–C) groups is 1. The Balaban J connectivity index is 2.44. The first kappa shape index (κ1) is 15.5. The number of nitrogens with one attached hydrogen (secondary N) is 2. The van der Waals surface area contributed by atoms with Crippen molar-refractivity contribution < 1.29 is 9.47 Å². The maximum absolute atomic E-state index is 8.40. The Labute approximate surface area is 129 Å². The first-order valence-electron chi connectivity index (χ1n) is 6.77. The summed E-state index contributed by atoms with van der Waals surface area (Å²) in [6, 6.07) is 5.24. The molecule has 0 bridgehead atoms. The first-order chi connectivity index (χ1) is 10.6. The minimum Gasteiger partial charge on any atom is -0.454 e. The third-order valence-electron chi connectivity index (χ3n) is 3.06. The zero-order chi connectivity index (χ0) is 16.1. The maximum Gasteiger partial charge on any atom is 0.231 e. The van der Waals surface area contributed by atoms with Crippen LogP contribution < -0.4 is 15.2 Å². The fraction of sp³-hybridized carbons (Fsp3) is 0.188. The maximum atomic E-state index is 8.40. The van der Waals surface area contributed by atoms with E-state index in [1.807, 2.05) is 32.1 Å². The standard InChI is InChI=1S/C16H18N4O2/c1-3-5-10(4-2)15(20-16(18)19)14(17)11-6-7-12-13(8-11)22-9-21-12/h3-8,17H,9H2,1-2H3,(H3,18,19)/b5-3-,10-4+,17-14?,20-15?. The summed E-state index contributed by atoms with van der Waals surface area (Å²) in [7, 11) is 0. The molecule has 1 aromatic carbocycles. The minimum atomic E-state index is -0.343. The average molecular weight is 298 g/mol. The number of hydrogen-bond donors (Lipinski definition) is 3. The van der Waals surface area contributed by atoms with E-state index in [-0.39, 0.29) is 18.5 Å². The molecule has 6 heteroatoms. The Bertz CT molecular complexity index is 702. The summed E-state index contributed by atoms with van der Waals surface area (Å²) in [4.78, 5) is 4.00. The highest BCUT2D eigenvalue weighted by Gasteiger charge is 2.18. The number of ether oxygens (including phenoxy) is 2. The van der Waals surface area contributed by atoms with Crippen LogP contribution in [0.2, 0.25) is 0 Å². The third kappa shape index (κ3) is 3.22. The molecule has 0 fully saturated rings. The van der Waals surface area contributed by atoms with E-state index in [2.05, 4.69) is 4.99 Å². The van der Waals surface area contributed by atoms with Crippen LogP contribution in [0.1, 0.15) is 19.4 Å². The average Bonchev–Trinajstić information content (AvgIpc) is 2.97. The molecule has 4 N–H and O–H groups in total. The normalized spacial score (nSPS) is 14.5. The van der Waals surface area contributed by atoms with Crippen LogP contribution in [0.25, 0.3) is 0 Å². The molecular weight excluding hydrogens is 280 g/mol. The molecule has 1 aliphatic heterocycles. The van der Waals surface area contributed by atoms with Crippen LogP contribution in [0.4, 0.5) is 0 Å². The van der Waals surface area contributed by atoms with Gasteiger partial charge in [-0.15, -0.1) is 0 Å². The van der Waals surface area contributed by atoms with Gasteiger partial charge in [0.25, 0.3) is 0 Å². The quantitative estimate of drug-likeness (QED) is 0.452. The molecule has 114 valence electrons. The third-order valence-corrected chi connectivity index (χ3v) is 3.06.